The summed E-state index contributed by atoms with van der Waals surface area (Å²) in [6.07, 6.45) is 0.804. The van der Waals surface area contributed by atoms with E-state index in [0.717, 1.165) is 5.56 Å². The van der Waals surface area contributed by atoms with Gasteiger partial charge in [0.2, 0.25) is 5.75 Å². The van der Waals surface area contributed by atoms with Crippen LogP contribution in [0.4, 0.5) is 0 Å². The molecule has 1 aliphatic carbocycles. The summed E-state index contributed by atoms with van der Waals surface area (Å²) in [7, 11) is -5.88. The zero-order valence-electron chi connectivity index (χ0n) is 23.2. The molecular formula is C24H28O6. The van der Waals surface area contributed by atoms with Gasteiger partial charge in [-0.3, -0.25) is 9.59 Å². The average Bonchev–Trinajstić information content (AvgIpc) is 3.13. The normalized spacial score (nSPS) is 16.8. The largest absolute Gasteiger partial charge is 0.493 e. The highest BCUT2D eigenvalue weighted by atomic mass is 16.5. The summed E-state index contributed by atoms with van der Waals surface area (Å²) in [5.41, 5.74) is 1.12. The van der Waals surface area contributed by atoms with Gasteiger partial charge >= 0.3 is 5.97 Å². The second-order valence-electron chi connectivity index (χ2n) is 7.62. The Morgan fingerprint density at radius 1 is 1.03 bits per heavy atom. The molecule has 160 valence electrons. The van der Waals surface area contributed by atoms with E-state index in [1.807, 2.05) is 0 Å². The first-order valence-electron chi connectivity index (χ1n) is 12.6. The van der Waals surface area contributed by atoms with Gasteiger partial charge in [0, 0.05) is 17.5 Å². The van der Waals surface area contributed by atoms with Crippen molar-refractivity contribution in [3.05, 3.63) is 41.5 Å². The first kappa shape index (κ1) is 14.9. The van der Waals surface area contributed by atoms with E-state index in [0.29, 0.717) is 29.5 Å². The van der Waals surface area contributed by atoms with Gasteiger partial charge in [-0.05, 0) is 50.5 Å². The van der Waals surface area contributed by atoms with Crippen LogP contribution in [0, 0.1) is 5.41 Å². The Labute approximate surface area is 185 Å². The lowest BCUT2D eigenvalue weighted by molar-refractivity contribution is -0.155. The molecule has 0 spiro atoms. The zero-order valence-corrected chi connectivity index (χ0v) is 17.2. The van der Waals surface area contributed by atoms with Gasteiger partial charge in [0.1, 0.15) is 6.61 Å². The molecule has 3 rings (SSSR count). The predicted molar refractivity (Wildman–Crippen MR) is 114 cm³/mol. The molecule has 30 heavy (non-hydrogen) atoms. The van der Waals surface area contributed by atoms with Crippen LogP contribution in [0.2, 0.25) is 0 Å². The molecular weight excluding hydrogens is 384 g/mol. The fourth-order valence-corrected chi connectivity index (χ4v) is 3.46. The number of esters is 1. The third kappa shape index (κ3) is 3.99. The molecule has 1 aliphatic rings. The summed E-state index contributed by atoms with van der Waals surface area (Å²) in [4.78, 5) is 24.8. The molecule has 0 aliphatic heterocycles. The summed E-state index contributed by atoms with van der Waals surface area (Å²) < 4.78 is 66.7. The Balaban J connectivity index is 2.22. The minimum absolute atomic E-state index is 0.0147. The van der Waals surface area contributed by atoms with E-state index >= 15 is 0 Å². The highest BCUT2D eigenvalue weighted by Gasteiger charge is 2.32. The number of methoxy groups -OCH3 is 2. The van der Waals surface area contributed by atoms with E-state index in [9.17, 15) is 9.59 Å². The van der Waals surface area contributed by atoms with Crippen LogP contribution in [-0.4, -0.2) is 39.0 Å². The monoisotopic (exact) mass is 418 g/mol. The van der Waals surface area contributed by atoms with Gasteiger partial charge in [-0.1, -0.05) is 18.2 Å². The van der Waals surface area contributed by atoms with Crippen molar-refractivity contribution in [3.63, 3.8) is 0 Å². The highest BCUT2D eigenvalue weighted by Crippen LogP contribution is 2.47. The first-order valence-corrected chi connectivity index (χ1v) is 9.63. The van der Waals surface area contributed by atoms with Crippen molar-refractivity contribution in [2.24, 2.45) is 5.41 Å². The number of carbonyl (C=O) groups is 2. The summed E-state index contributed by atoms with van der Waals surface area (Å²) in [5.74, 6) is -1.50. The molecule has 0 bridgehead atoms. The van der Waals surface area contributed by atoms with Gasteiger partial charge in [-0.2, -0.15) is 0 Å². The van der Waals surface area contributed by atoms with Crippen LogP contribution < -0.4 is 14.2 Å². The van der Waals surface area contributed by atoms with E-state index in [2.05, 4.69) is 0 Å². The molecule has 0 saturated carbocycles. The average molecular weight is 419 g/mol. The maximum Gasteiger partial charge on any atom is 0.314 e. The van der Waals surface area contributed by atoms with Gasteiger partial charge in [-0.25, -0.2) is 0 Å². The number of rotatable bonds is 8. The maximum absolute atomic E-state index is 12.4. The van der Waals surface area contributed by atoms with Crippen LogP contribution in [0.1, 0.15) is 51.3 Å². The Kier molecular flexibility index (Phi) is 4.35. The van der Waals surface area contributed by atoms with Crippen molar-refractivity contribution in [1.82, 2.24) is 0 Å². The summed E-state index contributed by atoms with van der Waals surface area (Å²) >= 11 is 0. The van der Waals surface area contributed by atoms with Crippen molar-refractivity contribution in [1.29, 1.82) is 0 Å². The summed E-state index contributed by atoms with van der Waals surface area (Å²) in [6, 6.07) is 7.95. The Morgan fingerprint density at radius 3 is 2.53 bits per heavy atom. The van der Waals surface area contributed by atoms with Crippen LogP contribution in [0.5, 0.6) is 17.2 Å². The molecule has 0 N–H and O–H groups in total. The van der Waals surface area contributed by atoms with E-state index in [-0.39, 0.29) is 30.5 Å². The number of carbonyl (C=O) groups excluding carboxylic acids is 2. The number of ether oxygens (including phenoxy) is 4. The molecule has 6 heteroatoms. The number of benzene rings is 2. The SMILES string of the molecule is [2H]C([2H])([2H])Oc1ccc(-c2cccc3c2CCC3=O)c(OCC(C)(C)C(=O)OCC)c1OC([2H])([2H])[2H]. The lowest BCUT2D eigenvalue weighted by atomic mass is 9.94. The van der Waals surface area contributed by atoms with E-state index < -0.39 is 31.2 Å². The predicted octanol–water partition coefficient (Wildman–Crippen LogP) is 4.47. The maximum atomic E-state index is 12.4. The quantitative estimate of drug-likeness (QED) is 0.589. The van der Waals surface area contributed by atoms with Gasteiger partial charge in [0.15, 0.2) is 17.3 Å². The molecule has 6 nitrogen and oxygen atoms in total. The standard InChI is InChI=1S/C24H28O6/c1-6-29-23(26)24(2,3)14-30-21-18(11-13-20(27-4)22(21)28-5)15-8-7-9-17-16(15)10-12-19(17)25/h7-9,11,13H,6,10,12,14H2,1-5H3/i4D3,5D3. The second-order valence-corrected chi connectivity index (χ2v) is 7.62. The molecule has 0 aromatic heterocycles. The van der Waals surface area contributed by atoms with Crippen LogP contribution >= 0.6 is 0 Å². The van der Waals surface area contributed by atoms with E-state index in [1.54, 1.807) is 39.0 Å². The van der Waals surface area contributed by atoms with Crippen LogP contribution in [0.15, 0.2) is 30.3 Å². The first-order chi connectivity index (χ1) is 16.6. The van der Waals surface area contributed by atoms with Crippen LogP contribution in [-0.2, 0) is 16.0 Å². The molecule has 0 radical (unpaired) electrons. The van der Waals surface area contributed by atoms with Gasteiger partial charge in [0.25, 0.3) is 0 Å². The third-order valence-corrected chi connectivity index (χ3v) is 5.06. The van der Waals surface area contributed by atoms with Crippen molar-refractivity contribution in [2.45, 2.75) is 33.6 Å². The fraction of sp³-hybridized carbons (Fsp3) is 0.417. The number of fused-ring (bicyclic) bond motifs is 1. The fourth-order valence-electron chi connectivity index (χ4n) is 3.46. The second kappa shape index (κ2) is 8.78. The van der Waals surface area contributed by atoms with Gasteiger partial charge in [-0.15, -0.1) is 0 Å². The molecule has 2 aromatic rings. The third-order valence-electron chi connectivity index (χ3n) is 5.06. The molecule has 0 unspecified atom stereocenters. The number of ketones is 1. The van der Waals surface area contributed by atoms with Crippen molar-refractivity contribution in [3.8, 4) is 28.4 Å². The van der Waals surface area contributed by atoms with Crippen LogP contribution in [0.3, 0.4) is 0 Å². The van der Waals surface area contributed by atoms with E-state index in [1.165, 1.54) is 12.1 Å². The van der Waals surface area contributed by atoms with Crippen molar-refractivity contribution in [2.75, 3.05) is 27.3 Å². The molecule has 0 atom stereocenters. The number of hydrogen-bond acceptors (Lipinski definition) is 6. The van der Waals surface area contributed by atoms with Gasteiger partial charge < -0.3 is 18.9 Å². The lowest BCUT2D eigenvalue weighted by Crippen LogP contribution is -2.33. The molecule has 0 fully saturated rings. The molecule has 0 amide bonds. The van der Waals surface area contributed by atoms with Crippen LogP contribution in [0.25, 0.3) is 11.1 Å². The summed E-state index contributed by atoms with van der Waals surface area (Å²) in [5, 5.41) is 0. The Bertz CT molecular complexity index is 1150. The van der Waals surface area contributed by atoms with Crippen molar-refractivity contribution < 1.29 is 36.8 Å². The minimum Gasteiger partial charge on any atom is -0.493 e. The smallest absolute Gasteiger partial charge is 0.314 e. The molecule has 0 heterocycles. The lowest BCUT2D eigenvalue weighted by Gasteiger charge is -2.25. The van der Waals surface area contributed by atoms with Crippen molar-refractivity contribution >= 4 is 11.8 Å². The highest BCUT2D eigenvalue weighted by molar-refractivity contribution is 6.02. The molecule has 0 saturated heterocycles. The topological polar surface area (TPSA) is 71.1 Å². The Morgan fingerprint density at radius 2 is 1.80 bits per heavy atom. The van der Waals surface area contributed by atoms with Gasteiger partial charge in [0.05, 0.1) is 34.3 Å². The minimum atomic E-state index is -2.98. The molecule has 2 aromatic carbocycles. The Hall–Kier alpha value is -3.02. The zero-order chi connectivity index (χ0) is 26.9. The number of hydrogen-bond donors (Lipinski definition) is 0. The number of Topliss-reactive ketones (excluding diaryl/α,β-unsaturated/α-hetero) is 1. The summed E-state index contributed by atoms with van der Waals surface area (Å²) in [6.45, 7) is 4.77. The van der Waals surface area contributed by atoms with E-state index in [4.69, 9.17) is 27.2 Å².